The maximum absolute atomic E-state index is 11.6. The van der Waals surface area contributed by atoms with E-state index in [1.807, 2.05) is 6.07 Å². The van der Waals surface area contributed by atoms with Crippen LogP contribution in [0.15, 0.2) is 16.6 Å². The predicted molar refractivity (Wildman–Crippen MR) is 75.8 cm³/mol. The zero-order valence-electron chi connectivity index (χ0n) is 10.9. The highest BCUT2D eigenvalue weighted by Crippen LogP contribution is 2.35. The lowest BCUT2D eigenvalue weighted by Crippen LogP contribution is -2.06. The van der Waals surface area contributed by atoms with Crippen LogP contribution in [0, 0.1) is 21.4 Å². The fourth-order valence-electron chi connectivity index (χ4n) is 1.61. The van der Waals surface area contributed by atoms with Gasteiger partial charge >= 0.3 is 5.69 Å². The molecular weight excluding hydrogens is 328 g/mol. The average Bonchev–Trinajstić information content (AvgIpc) is 2.38. The second-order valence-electron chi connectivity index (χ2n) is 4.08. The van der Waals surface area contributed by atoms with Crippen LogP contribution in [0.25, 0.3) is 0 Å². The van der Waals surface area contributed by atoms with E-state index in [-0.39, 0.29) is 29.4 Å². The second kappa shape index (κ2) is 7.60. The number of hydrogen-bond donors (Lipinski definition) is 0. The summed E-state index contributed by atoms with van der Waals surface area (Å²) in [6.45, 7) is 1.55. The number of carbonyl (C=O) groups excluding carboxylic acids is 1. The Hall–Kier alpha value is -1.94. The minimum atomic E-state index is -0.582. The van der Waals surface area contributed by atoms with Crippen molar-refractivity contribution in [1.29, 1.82) is 5.26 Å². The van der Waals surface area contributed by atoms with Crippen molar-refractivity contribution in [3.05, 3.63) is 32.3 Å². The van der Waals surface area contributed by atoms with Gasteiger partial charge in [-0.15, -0.1) is 0 Å². The quantitative estimate of drug-likeness (QED) is 0.327. The number of nitrogens with zero attached hydrogens (tertiary/aromatic N) is 2. The molecular formula is C13H13BrN2O4. The number of nitro groups is 1. The highest BCUT2D eigenvalue weighted by Gasteiger charge is 2.23. The number of carbonyl (C=O) groups is 1. The number of rotatable bonds is 7. The molecule has 1 rings (SSSR count). The summed E-state index contributed by atoms with van der Waals surface area (Å²) in [6.07, 6.45) is 1.65. The molecule has 0 heterocycles. The lowest BCUT2D eigenvalue weighted by atomic mass is 10.1. The van der Waals surface area contributed by atoms with E-state index < -0.39 is 4.92 Å². The van der Waals surface area contributed by atoms with E-state index in [0.29, 0.717) is 23.7 Å². The number of ether oxygens (including phenoxy) is 1. The summed E-state index contributed by atoms with van der Waals surface area (Å²) in [5, 5.41) is 19.5. The van der Waals surface area contributed by atoms with Crippen LogP contribution in [0.3, 0.4) is 0 Å². The third kappa shape index (κ3) is 4.31. The lowest BCUT2D eigenvalue weighted by molar-refractivity contribution is -0.386. The Kier molecular flexibility index (Phi) is 6.12. The Morgan fingerprint density at radius 3 is 2.75 bits per heavy atom. The molecule has 0 aliphatic heterocycles. The molecule has 0 saturated heterocycles. The van der Waals surface area contributed by atoms with E-state index in [1.54, 1.807) is 0 Å². The number of benzene rings is 1. The van der Waals surface area contributed by atoms with Crippen LogP contribution in [-0.4, -0.2) is 17.3 Å². The van der Waals surface area contributed by atoms with Crippen molar-refractivity contribution in [2.45, 2.75) is 26.2 Å². The largest absolute Gasteiger partial charge is 0.486 e. The molecule has 0 fully saturated rings. The Morgan fingerprint density at radius 2 is 2.20 bits per heavy atom. The second-order valence-corrected chi connectivity index (χ2v) is 4.99. The van der Waals surface area contributed by atoms with E-state index in [9.17, 15) is 14.9 Å². The Morgan fingerprint density at radius 1 is 1.50 bits per heavy atom. The summed E-state index contributed by atoms with van der Waals surface area (Å²) in [7, 11) is 0. The first-order valence-corrected chi connectivity index (χ1v) is 6.75. The monoisotopic (exact) mass is 340 g/mol. The van der Waals surface area contributed by atoms with Gasteiger partial charge in [-0.2, -0.15) is 5.26 Å². The van der Waals surface area contributed by atoms with Crippen LogP contribution in [0.2, 0.25) is 0 Å². The van der Waals surface area contributed by atoms with Gasteiger partial charge in [0.05, 0.1) is 23.2 Å². The van der Waals surface area contributed by atoms with E-state index in [4.69, 9.17) is 10.00 Å². The normalized spacial score (nSPS) is 9.85. The Bertz CT molecular complexity index is 531. The summed E-state index contributed by atoms with van der Waals surface area (Å²) in [6, 6.07) is 4.81. The van der Waals surface area contributed by atoms with Crippen LogP contribution >= 0.6 is 15.9 Å². The van der Waals surface area contributed by atoms with Gasteiger partial charge < -0.3 is 4.74 Å². The van der Waals surface area contributed by atoms with Crippen LogP contribution in [0.5, 0.6) is 5.75 Å². The molecule has 0 unspecified atom stereocenters. The van der Waals surface area contributed by atoms with Crippen molar-refractivity contribution in [2.24, 2.45) is 0 Å². The smallest absolute Gasteiger partial charge is 0.312 e. The topological polar surface area (TPSA) is 93.2 Å². The van der Waals surface area contributed by atoms with Crippen LogP contribution in [0.1, 0.15) is 36.5 Å². The number of Topliss-reactive ketones (excluding diaryl/α,β-unsaturated/α-hetero) is 1. The molecule has 0 radical (unpaired) electrons. The molecule has 7 heteroatoms. The van der Waals surface area contributed by atoms with Gasteiger partial charge in [-0.1, -0.05) is 15.9 Å². The Balaban J connectivity index is 2.99. The third-order valence-corrected chi connectivity index (χ3v) is 3.00. The Labute approximate surface area is 124 Å². The van der Waals surface area contributed by atoms with Crippen molar-refractivity contribution in [1.82, 2.24) is 0 Å². The first kappa shape index (κ1) is 16.1. The van der Waals surface area contributed by atoms with Gasteiger partial charge in [0.1, 0.15) is 0 Å². The molecule has 0 spiro atoms. The fourth-order valence-corrected chi connectivity index (χ4v) is 2.05. The zero-order valence-corrected chi connectivity index (χ0v) is 12.5. The standard InChI is InChI=1S/C13H13BrN2O4/c1-9(17)11-7-10(14)8-12(16(18)19)13(11)20-6-4-2-3-5-15/h7-8H,2-4,6H2,1H3. The molecule has 0 N–H and O–H groups in total. The van der Waals surface area contributed by atoms with Gasteiger partial charge in [-0.05, 0) is 25.8 Å². The molecule has 0 amide bonds. The SMILES string of the molecule is CC(=O)c1cc(Br)cc([N+](=O)[O-])c1OCCCCC#N. The molecule has 0 saturated carbocycles. The first-order valence-electron chi connectivity index (χ1n) is 5.96. The number of hydrogen-bond acceptors (Lipinski definition) is 5. The van der Waals surface area contributed by atoms with Gasteiger partial charge in [-0.25, -0.2) is 0 Å². The number of unbranched alkanes of at least 4 members (excludes halogenated alkanes) is 2. The molecule has 0 atom stereocenters. The summed E-state index contributed by atoms with van der Waals surface area (Å²) < 4.78 is 5.85. The lowest BCUT2D eigenvalue weighted by Gasteiger charge is -2.10. The van der Waals surface area contributed by atoms with Crippen LogP contribution in [0.4, 0.5) is 5.69 Å². The minimum absolute atomic E-state index is 0.0114. The average molecular weight is 341 g/mol. The van der Waals surface area contributed by atoms with Crippen molar-refractivity contribution in [3.8, 4) is 11.8 Å². The zero-order chi connectivity index (χ0) is 15.1. The predicted octanol–water partition coefficient (Wildman–Crippen LogP) is 3.63. The number of halogens is 1. The molecule has 106 valence electrons. The maximum Gasteiger partial charge on any atom is 0.312 e. The summed E-state index contributed by atoms with van der Waals surface area (Å²) in [5.41, 5.74) is -0.0729. The highest BCUT2D eigenvalue weighted by molar-refractivity contribution is 9.10. The van der Waals surface area contributed by atoms with E-state index >= 15 is 0 Å². The van der Waals surface area contributed by atoms with Gasteiger partial charge in [0.15, 0.2) is 5.78 Å². The van der Waals surface area contributed by atoms with E-state index in [1.165, 1.54) is 19.1 Å². The number of nitro benzene ring substituents is 1. The van der Waals surface area contributed by atoms with Gasteiger partial charge in [0, 0.05) is 17.0 Å². The van der Waals surface area contributed by atoms with Crippen LogP contribution in [-0.2, 0) is 0 Å². The molecule has 1 aromatic rings. The van der Waals surface area contributed by atoms with Crippen LogP contribution < -0.4 is 4.74 Å². The third-order valence-electron chi connectivity index (χ3n) is 2.54. The van der Waals surface area contributed by atoms with Crippen molar-refractivity contribution < 1.29 is 14.5 Å². The van der Waals surface area contributed by atoms with E-state index in [2.05, 4.69) is 15.9 Å². The number of ketones is 1. The molecule has 1 aromatic carbocycles. The first-order chi connectivity index (χ1) is 9.47. The maximum atomic E-state index is 11.6. The van der Waals surface area contributed by atoms with Gasteiger partial charge in [-0.3, -0.25) is 14.9 Å². The van der Waals surface area contributed by atoms with Gasteiger partial charge in [0.25, 0.3) is 0 Å². The van der Waals surface area contributed by atoms with E-state index in [0.717, 1.165) is 0 Å². The summed E-state index contributed by atoms with van der Waals surface area (Å²) in [4.78, 5) is 22.0. The summed E-state index contributed by atoms with van der Waals surface area (Å²) >= 11 is 3.14. The molecule has 0 aliphatic rings. The molecule has 0 aromatic heterocycles. The van der Waals surface area contributed by atoms with Gasteiger partial charge in [0.2, 0.25) is 5.75 Å². The minimum Gasteiger partial charge on any atom is -0.486 e. The molecule has 0 bridgehead atoms. The highest BCUT2D eigenvalue weighted by atomic mass is 79.9. The fraction of sp³-hybridized carbons (Fsp3) is 0.385. The van der Waals surface area contributed by atoms with Crippen molar-refractivity contribution in [3.63, 3.8) is 0 Å². The molecule has 20 heavy (non-hydrogen) atoms. The number of nitriles is 1. The molecule has 0 aliphatic carbocycles. The summed E-state index contributed by atoms with van der Waals surface area (Å²) in [5.74, 6) is -0.316. The van der Waals surface area contributed by atoms with Crippen molar-refractivity contribution in [2.75, 3.05) is 6.61 Å². The van der Waals surface area contributed by atoms with Crippen molar-refractivity contribution >= 4 is 27.4 Å². The molecule has 6 nitrogen and oxygen atoms in total.